The number of benzene rings is 1. The summed E-state index contributed by atoms with van der Waals surface area (Å²) < 4.78 is 1.52. The number of ketones is 1. The van der Waals surface area contributed by atoms with Crippen molar-refractivity contribution in [3.8, 4) is 0 Å². The molecule has 16 nitrogen and oxygen atoms in total. The van der Waals surface area contributed by atoms with E-state index in [0.717, 1.165) is 32.1 Å². The molecule has 0 radical (unpaired) electrons. The van der Waals surface area contributed by atoms with Gasteiger partial charge in [0.05, 0.1) is 17.9 Å². The van der Waals surface area contributed by atoms with Gasteiger partial charge < -0.3 is 26.4 Å². The number of hydrogen-bond acceptors (Lipinski definition) is 11. The van der Waals surface area contributed by atoms with Gasteiger partial charge in [-0.25, -0.2) is 4.68 Å². The second-order valence-corrected chi connectivity index (χ2v) is 15.4. The third-order valence-corrected chi connectivity index (χ3v) is 11.2. The molecule has 6 rings (SSSR count). The first-order valence-electron chi connectivity index (χ1n) is 17.2. The number of likely N-dealkylation sites (tertiary alicyclic amines) is 1. The molecule has 1 aromatic carbocycles. The lowest BCUT2D eigenvalue weighted by molar-refractivity contribution is -0.145. The minimum Gasteiger partial charge on any atom is -0.384 e. The number of H-pyrrole nitrogens is 1. The molecule has 4 amide bonds. The van der Waals surface area contributed by atoms with Gasteiger partial charge in [-0.1, -0.05) is 37.3 Å². The number of amides is 4. The summed E-state index contributed by atoms with van der Waals surface area (Å²) in [6.45, 7) is 3.21. The largest absolute Gasteiger partial charge is 0.384 e. The molecule has 3 atom stereocenters. The van der Waals surface area contributed by atoms with Crippen LogP contribution in [0.1, 0.15) is 93.7 Å². The number of primary amides is 1. The molecule has 17 heteroatoms. The van der Waals surface area contributed by atoms with E-state index in [1.54, 1.807) is 43.8 Å². The number of nitrogens with zero attached hydrogens (tertiary/aromatic N) is 6. The first kappa shape index (κ1) is 35.4. The molecule has 2 aromatic heterocycles. The summed E-state index contributed by atoms with van der Waals surface area (Å²) in [5, 5.41) is 35.6. The fourth-order valence-corrected chi connectivity index (χ4v) is 8.71. The highest BCUT2D eigenvalue weighted by molar-refractivity contribution is 7.99. The maximum atomic E-state index is 14.7. The lowest BCUT2D eigenvalue weighted by Crippen LogP contribution is -2.63. The van der Waals surface area contributed by atoms with Crippen molar-refractivity contribution in [2.75, 3.05) is 18.1 Å². The number of nitrogens with two attached hydrogens (primary N) is 1. The van der Waals surface area contributed by atoms with Crippen molar-refractivity contribution < 1.29 is 29.1 Å². The van der Waals surface area contributed by atoms with Crippen molar-refractivity contribution in [2.45, 2.75) is 101 Å². The fraction of sp³-hybridized carbons (Fsp3) is 0.606. The Balaban J connectivity index is 1.33. The van der Waals surface area contributed by atoms with Crippen LogP contribution >= 0.6 is 11.8 Å². The lowest BCUT2D eigenvalue weighted by atomic mass is 9.84. The van der Waals surface area contributed by atoms with Crippen molar-refractivity contribution in [3.63, 3.8) is 0 Å². The highest BCUT2D eigenvalue weighted by atomic mass is 32.2. The van der Waals surface area contributed by atoms with E-state index >= 15 is 0 Å². The molecule has 1 aliphatic carbocycles. The molecule has 3 fully saturated rings. The average molecular weight is 709 g/mol. The van der Waals surface area contributed by atoms with E-state index in [1.807, 2.05) is 0 Å². The van der Waals surface area contributed by atoms with Gasteiger partial charge in [0, 0.05) is 18.5 Å². The molecule has 0 bridgehead atoms. The molecule has 268 valence electrons. The van der Waals surface area contributed by atoms with Crippen LogP contribution in [0.4, 0.5) is 0 Å². The number of Topliss-reactive ketones (excluding diaryl/α,β-unsaturated/α-hetero) is 1. The summed E-state index contributed by atoms with van der Waals surface area (Å²) in [5.74, 6) is -2.25. The standard InChI is InChI=1S/C33H44N10O6S/c1-32(2,49)26-17-35-41-43(26)21-16-25(30(47)37-33(27(44)28(34)45)10-12-50-13-11-33)42(18-21)31(48)24(14-19-6-4-3-5-7-19)36-29(46)20-8-9-22-23(15-20)39-40-38-22/h8-9,15,17,19,21,24-25,49H,3-7,10-14,16,18H2,1-2H3,(H2,34,45)(H,36,46)(H,37,47)(H,38,39,40)/t21-,24?,25-/m0/s1. The summed E-state index contributed by atoms with van der Waals surface area (Å²) in [5.41, 5.74) is 4.44. The molecule has 50 heavy (non-hydrogen) atoms. The van der Waals surface area contributed by atoms with Crippen molar-refractivity contribution in [3.05, 3.63) is 35.7 Å². The van der Waals surface area contributed by atoms with Gasteiger partial charge in [0.15, 0.2) is 0 Å². The first-order valence-corrected chi connectivity index (χ1v) is 18.3. The van der Waals surface area contributed by atoms with Gasteiger partial charge in [0.25, 0.3) is 11.8 Å². The molecule has 4 heterocycles. The maximum absolute atomic E-state index is 14.7. The zero-order valence-corrected chi connectivity index (χ0v) is 29.1. The Morgan fingerprint density at radius 2 is 1.82 bits per heavy atom. The van der Waals surface area contributed by atoms with E-state index in [4.69, 9.17) is 5.73 Å². The highest BCUT2D eigenvalue weighted by Gasteiger charge is 2.49. The molecular weight excluding hydrogens is 664 g/mol. The van der Waals surface area contributed by atoms with Crippen LogP contribution in [0.5, 0.6) is 0 Å². The van der Waals surface area contributed by atoms with Gasteiger partial charge in [-0.3, -0.25) is 24.0 Å². The number of aliphatic hydroxyl groups is 1. The van der Waals surface area contributed by atoms with Crippen molar-refractivity contribution in [1.82, 2.24) is 45.9 Å². The lowest BCUT2D eigenvalue weighted by Gasteiger charge is -2.37. The number of thioether (sulfide) groups is 1. The molecule has 3 aromatic rings. The van der Waals surface area contributed by atoms with Gasteiger partial charge in [-0.15, -0.1) is 5.10 Å². The molecule has 1 unspecified atom stereocenters. The molecule has 0 spiro atoms. The van der Waals surface area contributed by atoms with Crippen LogP contribution in [0, 0.1) is 5.92 Å². The van der Waals surface area contributed by atoms with Crippen LogP contribution < -0.4 is 16.4 Å². The van der Waals surface area contributed by atoms with E-state index in [0.29, 0.717) is 40.2 Å². The van der Waals surface area contributed by atoms with Crippen LogP contribution in [0.2, 0.25) is 0 Å². The highest BCUT2D eigenvalue weighted by Crippen LogP contribution is 2.35. The van der Waals surface area contributed by atoms with E-state index < -0.39 is 58.7 Å². The number of carbonyl (C=O) groups excluding carboxylic acids is 5. The van der Waals surface area contributed by atoms with Crippen molar-refractivity contribution in [2.24, 2.45) is 11.7 Å². The summed E-state index contributed by atoms with van der Waals surface area (Å²) in [7, 11) is 0. The Kier molecular flexibility index (Phi) is 10.3. The number of hydrogen-bond donors (Lipinski definition) is 5. The summed E-state index contributed by atoms with van der Waals surface area (Å²) >= 11 is 1.61. The second-order valence-electron chi connectivity index (χ2n) is 14.2. The van der Waals surface area contributed by atoms with Gasteiger partial charge in [0.1, 0.15) is 34.3 Å². The van der Waals surface area contributed by atoms with Gasteiger partial charge >= 0.3 is 0 Å². The minimum absolute atomic E-state index is 0.0257. The smallest absolute Gasteiger partial charge is 0.287 e. The number of fused-ring (bicyclic) bond motifs is 1. The minimum atomic E-state index is -1.48. The monoisotopic (exact) mass is 708 g/mol. The van der Waals surface area contributed by atoms with E-state index in [2.05, 4.69) is 36.4 Å². The van der Waals surface area contributed by atoms with E-state index in [-0.39, 0.29) is 31.7 Å². The topological polar surface area (TPSA) is 231 Å². The molecule has 2 aliphatic heterocycles. The van der Waals surface area contributed by atoms with Gasteiger partial charge in [-0.2, -0.15) is 27.2 Å². The van der Waals surface area contributed by atoms with Gasteiger partial charge in [-0.05, 0) is 68.7 Å². The molecule has 1 saturated carbocycles. The Morgan fingerprint density at radius 3 is 2.52 bits per heavy atom. The van der Waals surface area contributed by atoms with Crippen LogP contribution in [-0.4, -0.2) is 105 Å². The van der Waals surface area contributed by atoms with Crippen molar-refractivity contribution in [1.29, 1.82) is 0 Å². The number of nitrogens with one attached hydrogen (secondary N) is 3. The van der Waals surface area contributed by atoms with E-state index in [1.165, 1.54) is 15.8 Å². The Bertz CT molecular complexity index is 1760. The third-order valence-electron chi connectivity index (χ3n) is 10.3. The first-order chi connectivity index (χ1) is 23.9. The molecule has 2 saturated heterocycles. The van der Waals surface area contributed by atoms with Gasteiger partial charge in [0.2, 0.25) is 17.6 Å². The predicted molar refractivity (Wildman–Crippen MR) is 182 cm³/mol. The maximum Gasteiger partial charge on any atom is 0.287 e. The summed E-state index contributed by atoms with van der Waals surface area (Å²) in [4.78, 5) is 69.5. The molecular formula is C33H44N10O6S. The number of rotatable bonds is 11. The van der Waals surface area contributed by atoms with E-state index in [9.17, 15) is 29.1 Å². The third kappa shape index (κ3) is 7.38. The Hall–Kier alpha value is -4.38. The summed E-state index contributed by atoms with van der Waals surface area (Å²) in [6, 6.07) is 2.26. The number of aromatic amines is 1. The summed E-state index contributed by atoms with van der Waals surface area (Å²) in [6.07, 6.45) is 7.35. The van der Waals surface area contributed by atoms with Crippen LogP contribution in [-0.2, 0) is 24.8 Å². The van der Waals surface area contributed by atoms with Crippen LogP contribution in [0.25, 0.3) is 11.0 Å². The van der Waals surface area contributed by atoms with Crippen LogP contribution in [0.3, 0.4) is 0 Å². The van der Waals surface area contributed by atoms with Crippen molar-refractivity contribution >= 4 is 52.2 Å². The average Bonchev–Trinajstić information content (AvgIpc) is 3.87. The predicted octanol–water partition coefficient (Wildman–Crippen LogP) is 1.12. The Labute approximate surface area is 293 Å². The zero-order chi connectivity index (χ0) is 35.6. The normalized spacial score (nSPS) is 21.9. The quantitative estimate of drug-likeness (QED) is 0.177. The molecule has 3 aliphatic rings. The number of carbonyl (C=O) groups is 5. The second kappa shape index (κ2) is 14.5. The molecule has 6 N–H and O–H groups in total. The zero-order valence-electron chi connectivity index (χ0n) is 28.3. The van der Waals surface area contributed by atoms with Crippen LogP contribution in [0.15, 0.2) is 24.4 Å². The fourth-order valence-electron chi connectivity index (χ4n) is 7.52. The Morgan fingerprint density at radius 1 is 1.10 bits per heavy atom. The number of aromatic nitrogens is 6. The SMILES string of the molecule is CC(C)(O)c1cnnn1[C@H]1C[C@@H](C(=O)NC2(C(=O)C(N)=O)CCSCC2)N(C(=O)C(CC2CCCCC2)NC(=O)c2ccc3n[nH]nc3c2)C1.